The lowest BCUT2D eigenvalue weighted by Gasteiger charge is -2.20. The lowest BCUT2D eigenvalue weighted by atomic mass is 10.2. The summed E-state index contributed by atoms with van der Waals surface area (Å²) in [6.45, 7) is -0.763. The highest BCUT2D eigenvalue weighted by Crippen LogP contribution is 2.25. The van der Waals surface area contributed by atoms with Gasteiger partial charge in [-0.15, -0.1) is 0 Å². The summed E-state index contributed by atoms with van der Waals surface area (Å²) in [5, 5.41) is 2.25. The standard InChI is InChI=1S/C22H18F2N2O5S/c1-26(16-7-3-2-4-8-16)32(29,30)20-10-6-5-9-17(20)22(28)31-14-21(27)25-15-11-12-18(23)19(24)13-15/h2-13H,14H2,1H3,(H,25,27). The van der Waals surface area contributed by atoms with E-state index in [1.807, 2.05) is 0 Å². The molecular formula is C22H18F2N2O5S. The zero-order valence-electron chi connectivity index (χ0n) is 16.8. The van der Waals surface area contributed by atoms with Crippen molar-refractivity contribution in [3.05, 3.63) is 90.0 Å². The minimum Gasteiger partial charge on any atom is -0.452 e. The van der Waals surface area contributed by atoms with E-state index in [-0.39, 0.29) is 16.1 Å². The zero-order valence-corrected chi connectivity index (χ0v) is 17.6. The van der Waals surface area contributed by atoms with Crippen LogP contribution in [0.2, 0.25) is 0 Å². The summed E-state index contributed by atoms with van der Waals surface area (Å²) >= 11 is 0. The summed E-state index contributed by atoms with van der Waals surface area (Å²) in [4.78, 5) is 24.2. The minimum atomic E-state index is -4.11. The molecule has 0 aliphatic carbocycles. The summed E-state index contributed by atoms with van der Waals surface area (Å²) in [5.41, 5.74) is 0.106. The molecule has 0 aliphatic heterocycles. The van der Waals surface area contributed by atoms with Crippen LogP contribution in [0.15, 0.2) is 77.7 Å². The largest absolute Gasteiger partial charge is 0.452 e. The molecule has 32 heavy (non-hydrogen) atoms. The van der Waals surface area contributed by atoms with Crippen LogP contribution in [0.4, 0.5) is 20.2 Å². The molecule has 0 aromatic heterocycles. The van der Waals surface area contributed by atoms with Crippen LogP contribution in [0.3, 0.4) is 0 Å². The Morgan fingerprint density at radius 1 is 0.938 bits per heavy atom. The molecule has 1 N–H and O–H groups in total. The highest BCUT2D eigenvalue weighted by molar-refractivity contribution is 7.92. The second-order valence-corrected chi connectivity index (χ2v) is 8.50. The van der Waals surface area contributed by atoms with Gasteiger partial charge in [0.25, 0.3) is 15.9 Å². The first-order chi connectivity index (χ1) is 15.2. The first-order valence-electron chi connectivity index (χ1n) is 9.25. The lowest BCUT2D eigenvalue weighted by Crippen LogP contribution is -2.28. The molecule has 0 heterocycles. The van der Waals surface area contributed by atoms with Crippen molar-refractivity contribution in [2.45, 2.75) is 4.90 Å². The van der Waals surface area contributed by atoms with E-state index >= 15 is 0 Å². The third kappa shape index (κ3) is 5.09. The molecule has 0 unspecified atom stereocenters. The van der Waals surface area contributed by atoms with Crippen LogP contribution in [0.1, 0.15) is 10.4 Å². The van der Waals surface area contributed by atoms with Crippen LogP contribution in [0.25, 0.3) is 0 Å². The minimum absolute atomic E-state index is 0.0302. The van der Waals surface area contributed by atoms with Gasteiger partial charge in [0, 0.05) is 18.8 Å². The summed E-state index contributed by atoms with van der Waals surface area (Å²) in [5.74, 6) is -4.08. The Balaban J connectivity index is 1.74. The van der Waals surface area contributed by atoms with Gasteiger partial charge >= 0.3 is 5.97 Å². The second-order valence-electron chi connectivity index (χ2n) is 6.56. The van der Waals surface area contributed by atoms with E-state index in [4.69, 9.17) is 4.74 Å². The van der Waals surface area contributed by atoms with Gasteiger partial charge in [-0.05, 0) is 36.4 Å². The van der Waals surface area contributed by atoms with Gasteiger partial charge in [-0.1, -0.05) is 30.3 Å². The number of ether oxygens (including phenoxy) is 1. The summed E-state index contributed by atoms with van der Waals surface area (Å²) in [6, 6.07) is 16.5. The van der Waals surface area contributed by atoms with E-state index in [1.54, 1.807) is 30.3 Å². The number of amides is 1. The molecule has 0 radical (unpaired) electrons. The SMILES string of the molecule is CN(c1ccccc1)S(=O)(=O)c1ccccc1C(=O)OCC(=O)Nc1ccc(F)c(F)c1. The highest BCUT2D eigenvalue weighted by atomic mass is 32.2. The fraction of sp³-hybridized carbons (Fsp3) is 0.0909. The van der Waals surface area contributed by atoms with Crippen molar-refractivity contribution in [2.75, 3.05) is 23.3 Å². The van der Waals surface area contributed by atoms with Gasteiger partial charge < -0.3 is 10.1 Å². The number of nitrogens with one attached hydrogen (secondary N) is 1. The summed E-state index contributed by atoms with van der Waals surface area (Å²) < 4.78 is 58.3. The average molecular weight is 460 g/mol. The molecular weight excluding hydrogens is 442 g/mol. The van der Waals surface area contributed by atoms with Crippen LogP contribution in [0.5, 0.6) is 0 Å². The van der Waals surface area contributed by atoms with Crippen LogP contribution in [-0.2, 0) is 19.6 Å². The lowest BCUT2D eigenvalue weighted by molar-refractivity contribution is -0.119. The smallest absolute Gasteiger partial charge is 0.340 e. The number of hydrogen-bond donors (Lipinski definition) is 1. The maximum Gasteiger partial charge on any atom is 0.340 e. The Bertz CT molecular complexity index is 1250. The number of esters is 1. The summed E-state index contributed by atoms with van der Waals surface area (Å²) in [7, 11) is -2.76. The molecule has 10 heteroatoms. The van der Waals surface area contributed by atoms with E-state index in [2.05, 4.69) is 5.32 Å². The molecule has 0 bridgehead atoms. The topological polar surface area (TPSA) is 92.8 Å². The number of nitrogens with zero attached hydrogens (tertiary/aromatic N) is 1. The molecule has 0 fully saturated rings. The van der Waals surface area contributed by atoms with Crippen LogP contribution < -0.4 is 9.62 Å². The second kappa shape index (κ2) is 9.56. The molecule has 0 atom stereocenters. The number of carbonyl (C=O) groups excluding carboxylic acids is 2. The fourth-order valence-electron chi connectivity index (χ4n) is 2.76. The number of benzene rings is 3. The molecule has 1 amide bonds. The third-order valence-electron chi connectivity index (χ3n) is 4.40. The molecule has 0 saturated carbocycles. The maximum absolute atomic E-state index is 13.2. The number of anilines is 2. The van der Waals surface area contributed by atoms with E-state index in [0.717, 1.165) is 22.5 Å². The van der Waals surface area contributed by atoms with E-state index < -0.39 is 40.1 Å². The third-order valence-corrected chi connectivity index (χ3v) is 6.25. The first-order valence-corrected chi connectivity index (χ1v) is 10.7. The van der Waals surface area contributed by atoms with E-state index in [0.29, 0.717) is 5.69 Å². The van der Waals surface area contributed by atoms with Crippen molar-refractivity contribution in [1.29, 1.82) is 0 Å². The quantitative estimate of drug-likeness (QED) is 0.544. The Morgan fingerprint density at radius 3 is 2.28 bits per heavy atom. The predicted octanol–water partition coefficient (Wildman–Crippen LogP) is 3.59. The Hall–Kier alpha value is -3.79. The average Bonchev–Trinajstić information content (AvgIpc) is 2.80. The zero-order chi connectivity index (χ0) is 23.3. The number of hydrogen-bond acceptors (Lipinski definition) is 5. The number of rotatable bonds is 7. The van der Waals surface area contributed by atoms with Gasteiger partial charge in [-0.25, -0.2) is 22.0 Å². The van der Waals surface area contributed by atoms with E-state index in [9.17, 15) is 26.8 Å². The van der Waals surface area contributed by atoms with E-state index in [1.165, 1.54) is 31.3 Å². The van der Waals surface area contributed by atoms with Crippen molar-refractivity contribution < 1.29 is 31.5 Å². The number of carbonyl (C=O) groups is 2. The molecule has 0 spiro atoms. The monoisotopic (exact) mass is 460 g/mol. The predicted molar refractivity (Wildman–Crippen MR) is 114 cm³/mol. The van der Waals surface area contributed by atoms with Crippen molar-refractivity contribution in [1.82, 2.24) is 0 Å². The normalized spacial score (nSPS) is 11.0. The van der Waals surface area contributed by atoms with Gasteiger partial charge in [-0.3, -0.25) is 9.10 Å². The van der Waals surface area contributed by atoms with Gasteiger partial charge in [-0.2, -0.15) is 0 Å². The van der Waals surface area contributed by atoms with Crippen LogP contribution in [-0.4, -0.2) is 33.9 Å². The molecule has 7 nitrogen and oxygen atoms in total. The fourth-order valence-corrected chi connectivity index (χ4v) is 4.14. The molecule has 3 rings (SSSR count). The molecule has 3 aromatic rings. The van der Waals surface area contributed by atoms with Crippen molar-refractivity contribution in [3.63, 3.8) is 0 Å². The van der Waals surface area contributed by atoms with Crippen LogP contribution >= 0.6 is 0 Å². The Morgan fingerprint density at radius 2 is 1.59 bits per heavy atom. The Labute approximate surface area is 183 Å². The number of sulfonamides is 1. The number of para-hydroxylation sites is 1. The molecule has 3 aromatic carbocycles. The van der Waals surface area contributed by atoms with Crippen molar-refractivity contribution >= 4 is 33.3 Å². The van der Waals surface area contributed by atoms with Gasteiger partial charge in [0.15, 0.2) is 18.2 Å². The number of halogens is 2. The molecule has 0 saturated heterocycles. The highest BCUT2D eigenvalue weighted by Gasteiger charge is 2.27. The first kappa shape index (κ1) is 22.9. The van der Waals surface area contributed by atoms with Crippen LogP contribution in [0, 0.1) is 11.6 Å². The molecule has 0 aliphatic rings. The summed E-state index contributed by atoms with van der Waals surface area (Å²) in [6.07, 6.45) is 0. The van der Waals surface area contributed by atoms with Gasteiger partial charge in [0.05, 0.1) is 11.3 Å². The maximum atomic E-state index is 13.2. The van der Waals surface area contributed by atoms with Gasteiger partial charge in [0.2, 0.25) is 0 Å². The van der Waals surface area contributed by atoms with Gasteiger partial charge in [0.1, 0.15) is 4.90 Å². The van der Waals surface area contributed by atoms with Crippen molar-refractivity contribution in [2.24, 2.45) is 0 Å². The Kier molecular flexibility index (Phi) is 6.84. The van der Waals surface area contributed by atoms with Crippen molar-refractivity contribution in [3.8, 4) is 0 Å². The molecule has 166 valence electrons.